The number of nitrogens with one attached hydrogen (secondary N) is 1. The summed E-state index contributed by atoms with van der Waals surface area (Å²) in [4.78, 5) is 0. The highest BCUT2D eigenvalue weighted by atomic mass is 35.5. The SMILES string of the molecule is O=S(=O)(NCC(Cl)c1ccccc1)N1CCOCC1. The molecule has 1 N–H and O–H groups in total. The van der Waals surface area contributed by atoms with Gasteiger partial charge >= 0.3 is 0 Å². The van der Waals surface area contributed by atoms with Crippen molar-refractivity contribution >= 4 is 21.8 Å². The van der Waals surface area contributed by atoms with Crippen molar-refractivity contribution in [1.82, 2.24) is 9.03 Å². The minimum absolute atomic E-state index is 0.172. The number of halogens is 1. The van der Waals surface area contributed by atoms with E-state index in [1.54, 1.807) is 0 Å². The number of alkyl halides is 1. The lowest BCUT2D eigenvalue weighted by Crippen LogP contribution is -2.47. The number of nitrogens with zero attached hydrogens (tertiary/aromatic N) is 1. The quantitative estimate of drug-likeness (QED) is 0.830. The van der Waals surface area contributed by atoms with Crippen LogP contribution < -0.4 is 4.72 Å². The summed E-state index contributed by atoms with van der Waals surface area (Å²) in [6, 6.07) is 9.40. The second kappa shape index (κ2) is 6.67. The maximum Gasteiger partial charge on any atom is 0.279 e. The number of morpholine rings is 1. The molecule has 1 aliphatic rings. The summed E-state index contributed by atoms with van der Waals surface area (Å²) in [5.41, 5.74) is 0.897. The molecule has 0 spiro atoms. The Morgan fingerprint density at radius 3 is 2.53 bits per heavy atom. The lowest BCUT2D eigenvalue weighted by atomic mass is 10.1. The molecule has 1 saturated heterocycles. The minimum atomic E-state index is -3.47. The number of hydrogen-bond donors (Lipinski definition) is 1. The van der Waals surface area contributed by atoms with Crippen LogP contribution in [-0.4, -0.2) is 45.6 Å². The van der Waals surface area contributed by atoms with Crippen molar-refractivity contribution < 1.29 is 13.2 Å². The maximum atomic E-state index is 12.0. The zero-order valence-electron chi connectivity index (χ0n) is 10.5. The van der Waals surface area contributed by atoms with E-state index in [1.807, 2.05) is 30.3 Å². The Balaban J connectivity index is 1.90. The van der Waals surface area contributed by atoms with Gasteiger partial charge in [0.25, 0.3) is 10.2 Å². The van der Waals surface area contributed by atoms with Gasteiger partial charge in [-0.3, -0.25) is 0 Å². The van der Waals surface area contributed by atoms with Crippen molar-refractivity contribution in [3.8, 4) is 0 Å². The molecule has 1 fully saturated rings. The lowest BCUT2D eigenvalue weighted by Gasteiger charge is -2.26. The van der Waals surface area contributed by atoms with Gasteiger partial charge in [-0.2, -0.15) is 12.7 Å². The van der Waals surface area contributed by atoms with E-state index in [-0.39, 0.29) is 11.9 Å². The average molecular weight is 305 g/mol. The van der Waals surface area contributed by atoms with E-state index >= 15 is 0 Å². The van der Waals surface area contributed by atoms with Crippen molar-refractivity contribution in [2.45, 2.75) is 5.38 Å². The fourth-order valence-corrected chi connectivity index (χ4v) is 3.34. The van der Waals surface area contributed by atoms with Crippen LogP contribution in [-0.2, 0) is 14.9 Å². The zero-order valence-corrected chi connectivity index (χ0v) is 12.0. The van der Waals surface area contributed by atoms with Crippen LogP contribution in [0.3, 0.4) is 0 Å². The lowest BCUT2D eigenvalue weighted by molar-refractivity contribution is 0.0725. The molecule has 0 aromatic heterocycles. The number of hydrogen-bond acceptors (Lipinski definition) is 3. The molecule has 1 aromatic rings. The largest absolute Gasteiger partial charge is 0.379 e. The fraction of sp³-hybridized carbons (Fsp3) is 0.500. The second-order valence-corrected chi connectivity index (χ2v) is 6.53. The first-order valence-corrected chi connectivity index (χ1v) is 7.99. The number of rotatable bonds is 5. The van der Waals surface area contributed by atoms with Crippen molar-refractivity contribution in [3.63, 3.8) is 0 Å². The Morgan fingerprint density at radius 1 is 1.26 bits per heavy atom. The van der Waals surface area contributed by atoms with Crippen molar-refractivity contribution in [2.75, 3.05) is 32.8 Å². The monoisotopic (exact) mass is 304 g/mol. The normalized spacial score (nSPS) is 19.2. The number of benzene rings is 1. The molecule has 19 heavy (non-hydrogen) atoms. The van der Waals surface area contributed by atoms with E-state index < -0.39 is 10.2 Å². The Labute approximate surface area is 118 Å². The van der Waals surface area contributed by atoms with Crippen LogP contribution in [0.2, 0.25) is 0 Å². The summed E-state index contributed by atoms with van der Waals surface area (Å²) < 4.78 is 33.1. The van der Waals surface area contributed by atoms with E-state index in [0.717, 1.165) is 5.56 Å². The highest BCUT2D eigenvalue weighted by Gasteiger charge is 2.24. The summed E-state index contributed by atoms with van der Waals surface area (Å²) in [5.74, 6) is 0. The first kappa shape index (κ1) is 14.7. The molecular formula is C12H17ClN2O3S. The van der Waals surface area contributed by atoms with Gasteiger partial charge in [-0.05, 0) is 5.56 Å². The summed E-state index contributed by atoms with van der Waals surface area (Å²) in [6.07, 6.45) is 0. The van der Waals surface area contributed by atoms with E-state index in [9.17, 15) is 8.42 Å². The zero-order chi connectivity index (χ0) is 13.7. The van der Waals surface area contributed by atoms with Gasteiger partial charge in [-0.25, -0.2) is 4.72 Å². The summed E-state index contributed by atoms with van der Waals surface area (Å²) >= 11 is 6.18. The van der Waals surface area contributed by atoms with Crippen LogP contribution in [0.1, 0.15) is 10.9 Å². The van der Waals surface area contributed by atoms with Gasteiger partial charge in [0.05, 0.1) is 18.6 Å². The summed E-state index contributed by atoms with van der Waals surface area (Å²) in [7, 11) is -3.47. The fourth-order valence-electron chi connectivity index (χ4n) is 1.84. The second-order valence-electron chi connectivity index (χ2n) is 4.24. The van der Waals surface area contributed by atoms with Gasteiger partial charge in [0, 0.05) is 19.6 Å². The third-order valence-corrected chi connectivity index (χ3v) is 4.90. The van der Waals surface area contributed by atoms with Crippen LogP contribution in [0, 0.1) is 0 Å². The van der Waals surface area contributed by atoms with Gasteiger partial charge in [-0.15, -0.1) is 11.6 Å². The van der Waals surface area contributed by atoms with Crippen LogP contribution in [0.4, 0.5) is 0 Å². The number of ether oxygens (including phenoxy) is 1. The molecule has 0 bridgehead atoms. The molecule has 1 atom stereocenters. The standard InChI is InChI=1S/C12H17ClN2O3S/c13-12(11-4-2-1-3-5-11)10-14-19(16,17)15-6-8-18-9-7-15/h1-5,12,14H,6-10H2. The van der Waals surface area contributed by atoms with Crippen molar-refractivity contribution in [2.24, 2.45) is 0 Å². The van der Waals surface area contributed by atoms with Gasteiger partial charge in [-0.1, -0.05) is 30.3 Å². The maximum absolute atomic E-state index is 12.0. The molecule has 0 radical (unpaired) electrons. The first-order valence-electron chi connectivity index (χ1n) is 6.11. The third-order valence-electron chi connectivity index (χ3n) is 2.92. The van der Waals surface area contributed by atoms with Crippen molar-refractivity contribution in [3.05, 3.63) is 35.9 Å². The summed E-state index contributed by atoms with van der Waals surface area (Å²) in [5, 5.41) is -0.378. The smallest absolute Gasteiger partial charge is 0.279 e. The molecule has 0 saturated carbocycles. The molecule has 1 aliphatic heterocycles. The molecule has 0 aliphatic carbocycles. The molecule has 1 aromatic carbocycles. The highest BCUT2D eigenvalue weighted by Crippen LogP contribution is 2.19. The molecule has 106 valence electrons. The predicted octanol–water partition coefficient (Wildman–Crippen LogP) is 1.13. The van der Waals surface area contributed by atoms with E-state index in [4.69, 9.17) is 16.3 Å². The minimum Gasteiger partial charge on any atom is -0.379 e. The van der Waals surface area contributed by atoms with E-state index in [1.165, 1.54) is 4.31 Å². The predicted molar refractivity (Wildman–Crippen MR) is 74.4 cm³/mol. The molecule has 7 heteroatoms. The van der Waals surface area contributed by atoms with Crippen molar-refractivity contribution in [1.29, 1.82) is 0 Å². The van der Waals surface area contributed by atoms with Gasteiger partial charge in [0.1, 0.15) is 0 Å². The summed E-state index contributed by atoms with van der Waals surface area (Å²) in [6.45, 7) is 1.81. The average Bonchev–Trinajstić information content (AvgIpc) is 2.47. The Bertz CT molecular complexity index is 489. The molecule has 2 rings (SSSR count). The van der Waals surface area contributed by atoms with Crippen LogP contribution in [0.15, 0.2) is 30.3 Å². The van der Waals surface area contributed by atoms with Crippen LogP contribution in [0.25, 0.3) is 0 Å². The topological polar surface area (TPSA) is 58.6 Å². The molecule has 1 unspecified atom stereocenters. The van der Waals surface area contributed by atoms with Crippen LogP contribution in [0.5, 0.6) is 0 Å². The Hall–Kier alpha value is -0.660. The molecule has 5 nitrogen and oxygen atoms in total. The molecule has 0 amide bonds. The third kappa shape index (κ3) is 4.15. The van der Waals surface area contributed by atoms with Gasteiger partial charge < -0.3 is 4.74 Å². The van der Waals surface area contributed by atoms with Gasteiger partial charge in [0.15, 0.2) is 0 Å². The molecular weight excluding hydrogens is 288 g/mol. The Kier molecular flexibility index (Phi) is 5.18. The van der Waals surface area contributed by atoms with Crippen LogP contribution >= 0.6 is 11.6 Å². The van der Waals surface area contributed by atoms with Gasteiger partial charge in [0.2, 0.25) is 0 Å². The Morgan fingerprint density at radius 2 is 1.89 bits per heavy atom. The first-order chi connectivity index (χ1) is 9.09. The highest BCUT2D eigenvalue weighted by molar-refractivity contribution is 7.87. The van der Waals surface area contributed by atoms with E-state index in [2.05, 4.69) is 4.72 Å². The molecule has 1 heterocycles. The van der Waals surface area contributed by atoms with E-state index in [0.29, 0.717) is 26.3 Å².